The van der Waals surface area contributed by atoms with Crippen molar-refractivity contribution in [1.82, 2.24) is 9.80 Å². The molecule has 1 fully saturated rings. The maximum Gasteiger partial charge on any atom is 0.412 e. The Kier molecular flexibility index (Phi) is 9.31. The fraction of sp³-hybridized carbons (Fsp3) is 0.481. The molecule has 1 saturated heterocycles. The van der Waals surface area contributed by atoms with Crippen LogP contribution in [0.3, 0.4) is 0 Å². The van der Waals surface area contributed by atoms with Gasteiger partial charge >= 0.3 is 6.09 Å². The van der Waals surface area contributed by atoms with Crippen LogP contribution in [0.25, 0.3) is 0 Å². The van der Waals surface area contributed by atoms with Gasteiger partial charge < -0.3 is 14.7 Å². The van der Waals surface area contributed by atoms with E-state index in [9.17, 15) is 14.7 Å². The standard InChI is InChI=1S/C27H36N2O4/c1-3-5-8-17-23(22-15-11-7-12-16-22)28(4-2)26(31)24-18-19-25(30)29(24)27(32)33-20-21-13-9-6-10-14-21/h6-7,9-16,23-25,30H,3-5,8,17-20H2,1-2H3/t23?,24-,25?/m0/s1. The van der Waals surface area contributed by atoms with Gasteiger partial charge in [-0.05, 0) is 37.3 Å². The summed E-state index contributed by atoms with van der Waals surface area (Å²) in [5.41, 5.74) is 1.96. The number of benzene rings is 2. The first-order valence-electron chi connectivity index (χ1n) is 12.1. The molecule has 1 aliphatic heterocycles. The predicted octanol–water partition coefficient (Wildman–Crippen LogP) is 5.28. The lowest BCUT2D eigenvalue weighted by Gasteiger charge is -2.36. The van der Waals surface area contributed by atoms with E-state index < -0.39 is 18.4 Å². The Morgan fingerprint density at radius 2 is 1.70 bits per heavy atom. The molecule has 2 amide bonds. The van der Waals surface area contributed by atoms with Gasteiger partial charge in [-0.15, -0.1) is 0 Å². The minimum atomic E-state index is -1.02. The zero-order valence-corrected chi connectivity index (χ0v) is 19.7. The molecule has 1 aliphatic rings. The van der Waals surface area contributed by atoms with Gasteiger partial charge in [0.2, 0.25) is 5.91 Å². The SMILES string of the molecule is CCCCCC(c1ccccc1)N(CC)C(=O)[C@@H]1CCC(O)N1C(=O)OCc1ccccc1. The van der Waals surface area contributed by atoms with Crippen LogP contribution in [0.2, 0.25) is 0 Å². The van der Waals surface area contributed by atoms with E-state index in [0.29, 0.717) is 19.4 Å². The van der Waals surface area contributed by atoms with Crippen molar-refractivity contribution in [2.75, 3.05) is 6.54 Å². The minimum absolute atomic E-state index is 0.0600. The molecule has 178 valence electrons. The molecule has 33 heavy (non-hydrogen) atoms. The molecule has 0 spiro atoms. The third-order valence-corrected chi connectivity index (χ3v) is 6.32. The number of carbonyl (C=O) groups excluding carboxylic acids is 2. The van der Waals surface area contributed by atoms with Crippen molar-refractivity contribution in [3.8, 4) is 0 Å². The quantitative estimate of drug-likeness (QED) is 0.498. The Hall–Kier alpha value is -2.86. The number of nitrogens with zero attached hydrogens (tertiary/aromatic N) is 2. The largest absolute Gasteiger partial charge is 0.444 e. The number of likely N-dealkylation sites (tertiary alicyclic amines) is 1. The van der Waals surface area contributed by atoms with Crippen molar-refractivity contribution in [3.05, 3.63) is 71.8 Å². The number of unbranched alkanes of at least 4 members (excludes halogenated alkanes) is 2. The number of aliphatic hydroxyl groups is 1. The number of carbonyl (C=O) groups is 2. The number of aliphatic hydroxyl groups excluding tert-OH is 1. The van der Waals surface area contributed by atoms with E-state index in [1.807, 2.05) is 60.4 Å². The zero-order valence-electron chi connectivity index (χ0n) is 19.7. The molecule has 0 aliphatic carbocycles. The number of amides is 2. The lowest BCUT2D eigenvalue weighted by atomic mass is 9.97. The molecule has 1 heterocycles. The second-order valence-electron chi connectivity index (χ2n) is 8.57. The fourth-order valence-corrected chi connectivity index (χ4v) is 4.56. The third-order valence-electron chi connectivity index (χ3n) is 6.32. The van der Waals surface area contributed by atoms with Crippen LogP contribution in [0.15, 0.2) is 60.7 Å². The number of hydrogen-bond acceptors (Lipinski definition) is 4. The summed E-state index contributed by atoms with van der Waals surface area (Å²) in [6.45, 7) is 4.77. The predicted molar refractivity (Wildman–Crippen MR) is 128 cm³/mol. The van der Waals surface area contributed by atoms with Gasteiger partial charge in [0.15, 0.2) is 0 Å². The molecular weight excluding hydrogens is 416 g/mol. The average Bonchev–Trinajstić information content (AvgIpc) is 3.24. The average molecular weight is 453 g/mol. The van der Waals surface area contributed by atoms with Crippen molar-refractivity contribution in [2.24, 2.45) is 0 Å². The Morgan fingerprint density at radius 3 is 2.33 bits per heavy atom. The summed E-state index contributed by atoms with van der Waals surface area (Å²) in [6.07, 6.45) is 3.22. The summed E-state index contributed by atoms with van der Waals surface area (Å²) < 4.78 is 5.46. The summed E-state index contributed by atoms with van der Waals surface area (Å²) in [5.74, 6) is -0.129. The molecule has 3 rings (SSSR count). The Balaban J connectivity index is 1.76. The summed E-state index contributed by atoms with van der Waals surface area (Å²) in [6, 6.07) is 18.7. The smallest absolute Gasteiger partial charge is 0.412 e. The highest BCUT2D eigenvalue weighted by molar-refractivity contribution is 5.86. The Morgan fingerprint density at radius 1 is 1.03 bits per heavy atom. The van der Waals surface area contributed by atoms with Crippen molar-refractivity contribution in [2.45, 2.75) is 77.3 Å². The van der Waals surface area contributed by atoms with Crippen LogP contribution < -0.4 is 0 Å². The van der Waals surface area contributed by atoms with Gasteiger partial charge in [0.25, 0.3) is 0 Å². The van der Waals surface area contributed by atoms with Gasteiger partial charge in [0, 0.05) is 6.54 Å². The highest BCUT2D eigenvalue weighted by Crippen LogP contribution is 2.31. The molecule has 6 nitrogen and oxygen atoms in total. The molecule has 2 aromatic rings. The zero-order chi connectivity index (χ0) is 23.6. The van der Waals surface area contributed by atoms with Crippen molar-refractivity contribution in [1.29, 1.82) is 0 Å². The van der Waals surface area contributed by atoms with Gasteiger partial charge in [-0.25, -0.2) is 4.79 Å². The molecular formula is C27H36N2O4. The summed E-state index contributed by atoms with van der Waals surface area (Å²) >= 11 is 0. The van der Waals surface area contributed by atoms with Crippen LogP contribution in [0, 0.1) is 0 Å². The third kappa shape index (κ3) is 6.35. The van der Waals surface area contributed by atoms with Crippen LogP contribution in [-0.4, -0.2) is 45.7 Å². The first-order valence-corrected chi connectivity index (χ1v) is 12.1. The summed E-state index contributed by atoms with van der Waals surface area (Å²) in [5, 5.41) is 10.5. The maximum atomic E-state index is 13.7. The number of rotatable bonds is 10. The van der Waals surface area contributed by atoms with Crippen LogP contribution in [0.1, 0.15) is 69.5 Å². The Bertz CT molecular complexity index is 874. The monoisotopic (exact) mass is 452 g/mol. The normalized spacial score (nSPS) is 18.7. The van der Waals surface area contributed by atoms with Crippen LogP contribution in [0.5, 0.6) is 0 Å². The topological polar surface area (TPSA) is 70.1 Å². The molecule has 2 unspecified atom stereocenters. The fourth-order valence-electron chi connectivity index (χ4n) is 4.56. The van der Waals surface area contributed by atoms with Crippen molar-refractivity contribution >= 4 is 12.0 Å². The maximum absolute atomic E-state index is 13.7. The molecule has 3 atom stereocenters. The van der Waals surface area contributed by atoms with Crippen LogP contribution in [0.4, 0.5) is 4.79 Å². The highest BCUT2D eigenvalue weighted by Gasteiger charge is 2.43. The number of likely N-dealkylation sites (N-methyl/N-ethyl adjacent to an activating group) is 1. The van der Waals surface area contributed by atoms with Crippen molar-refractivity contribution < 1.29 is 19.4 Å². The van der Waals surface area contributed by atoms with E-state index in [2.05, 4.69) is 19.1 Å². The first kappa shape index (κ1) is 24.8. The molecule has 0 radical (unpaired) electrons. The molecule has 2 aromatic carbocycles. The van der Waals surface area contributed by atoms with Gasteiger partial charge in [-0.1, -0.05) is 86.8 Å². The van der Waals surface area contributed by atoms with Gasteiger partial charge in [0.1, 0.15) is 18.9 Å². The van der Waals surface area contributed by atoms with E-state index in [1.54, 1.807) is 0 Å². The summed E-state index contributed by atoms with van der Waals surface area (Å²) in [7, 11) is 0. The van der Waals surface area contributed by atoms with Gasteiger partial charge in [-0.3, -0.25) is 9.69 Å². The number of hydrogen-bond donors (Lipinski definition) is 1. The molecule has 0 bridgehead atoms. The first-order chi connectivity index (χ1) is 16.1. The van der Waals surface area contributed by atoms with E-state index in [4.69, 9.17) is 4.74 Å². The Labute approximate surface area is 197 Å². The number of ether oxygens (including phenoxy) is 1. The molecule has 6 heteroatoms. The van der Waals surface area contributed by atoms with Crippen molar-refractivity contribution in [3.63, 3.8) is 0 Å². The molecule has 0 aromatic heterocycles. The van der Waals surface area contributed by atoms with Crippen LogP contribution >= 0.6 is 0 Å². The summed E-state index contributed by atoms with van der Waals surface area (Å²) in [4.78, 5) is 29.7. The van der Waals surface area contributed by atoms with Gasteiger partial charge in [0.05, 0.1) is 6.04 Å². The second-order valence-corrected chi connectivity index (χ2v) is 8.57. The minimum Gasteiger partial charge on any atom is -0.444 e. The highest BCUT2D eigenvalue weighted by atomic mass is 16.6. The van der Waals surface area contributed by atoms with Gasteiger partial charge in [-0.2, -0.15) is 0 Å². The lowest BCUT2D eigenvalue weighted by molar-refractivity contribution is -0.140. The lowest BCUT2D eigenvalue weighted by Crippen LogP contribution is -2.51. The molecule has 1 N–H and O–H groups in total. The van der Waals surface area contributed by atoms with E-state index in [0.717, 1.165) is 36.8 Å². The van der Waals surface area contributed by atoms with E-state index in [1.165, 1.54) is 4.90 Å². The van der Waals surface area contributed by atoms with E-state index >= 15 is 0 Å². The second kappa shape index (κ2) is 12.4. The van der Waals surface area contributed by atoms with Crippen LogP contribution in [-0.2, 0) is 16.1 Å². The van der Waals surface area contributed by atoms with E-state index in [-0.39, 0.29) is 18.6 Å². The molecule has 0 saturated carbocycles.